The number of hydrogen-bond acceptors (Lipinski definition) is 3. The van der Waals surface area contributed by atoms with Crippen molar-refractivity contribution in [1.82, 2.24) is 10.3 Å². The molecule has 1 unspecified atom stereocenters. The van der Waals surface area contributed by atoms with E-state index in [0.29, 0.717) is 5.92 Å². The third-order valence-corrected chi connectivity index (χ3v) is 2.98. The molecule has 0 amide bonds. The van der Waals surface area contributed by atoms with Gasteiger partial charge in [0.2, 0.25) is 0 Å². The van der Waals surface area contributed by atoms with E-state index in [9.17, 15) is 0 Å². The van der Waals surface area contributed by atoms with Crippen LogP contribution < -0.4 is 5.32 Å². The van der Waals surface area contributed by atoms with Crippen LogP contribution in [0.5, 0.6) is 0 Å². The number of rotatable bonds is 6. The van der Waals surface area contributed by atoms with Crippen LogP contribution in [0.1, 0.15) is 56.9 Å². The second-order valence-corrected chi connectivity index (χ2v) is 4.51. The van der Waals surface area contributed by atoms with E-state index in [1.165, 1.54) is 25.7 Å². The molecule has 0 radical (unpaired) electrons. The molecular weight excluding hydrogens is 188 g/mol. The minimum absolute atomic E-state index is 0.494. The predicted molar refractivity (Wildman–Crippen MR) is 59.7 cm³/mol. The van der Waals surface area contributed by atoms with Crippen molar-refractivity contribution < 1.29 is 4.42 Å². The van der Waals surface area contributed by atoms with Crippen LogP contribution in [0, 0.1) is 0 Å². The van der Waals surface area contributed by atoms with E-state index in [0.717, 1.165) is 24.0 Å². The lowest BCUT2D eigenvalue weighted by atomic mass is 10.0. The van der Waals surface area contributed by atoms with Crippen LogP contribution in [0.2, 0.25) is 0 Å². The molecule has 0 saturated heterocycles. The molecule has 0 spiro atoms. The molecule has 1 aromatic heterocycles. The number of aromatic nitrogens is 1. The topological polar surface area (TPSA) is 38.1 Å². The van der Waals surface area contributed by atoms with Crippen LogP contribution in [0.3, 0.4) is 0 Å². The lowest BCUT2D eigenvalue weighted by Crippen LogP contribution is -2.16. The lowest BCUT2D eigenvalue weighted by Gasteiger charge is -2.08. The highest BCUT2D eigenvalue weighted by atomic mass is 16.3. The predicted octanol–water partition coefficient (Wildman–Crippen LogP) is 2.83. The number of oxazole rings is 1. The fourth-order valence-corrected chi connectivity index (χ4v) is 1.90. The van der Waals surface area contributed by atoms with E-state index in [1.54, 1.807) is 6.39 Å². The fourth-order valence-electron chi connectivity index (χ4n) is 1.90. The standard InChI is InChI=1S/C12H20N2O/c1-3-4-9(2)12-11(14-8-15-12)7-13-10-5-6-10/h8-10,13H,3-7H2,1-2H3. The van der Waals surface area contributed by atoms with E-state index >= 15 is 0 Å². The van der Waals surface area contributed by atoms with Crippen LogP contribution in [0.15, 0.2) is 10.8 Å². The third-order valence-electron chi connectivity index (χ3n) is 2.98. The Morgan fingerprint density at radius 3 is 3.07 bits per heavy atom. The minimum atomic E-state index is 0.494. The highest BCUT2D eigenvalue weighted by molar-refractivity contribution is 5.12. The molecule has 1 fully saturated rings. The van der Waals surface area contributed by atoms with E-state index < -0.39 is 0 Å². The summed E-state index contributed by atoms with van der Waals surface area (Å²) in [6.45, 7) is 5.28. The van der Waals surface area contributed by atoms with Gasteiger partial charge in [-0.1, -0.05) is 20.3 Å². The van der Waals surface area contributed by atoms with Gasteiger partial charge in [-0.2, -0.15) is 0 Å². The number of nitrogens with one attached hydrogen (secondary N) is 1. The first-order valence-corrected chi connectivity index (χ1v) is 5.97. The SMILES string of the molecule is CCCC(C)c1ocnc1CNC1CC1. The van der Waals surface area contributed by atoms with Gasteiger partial charge >= 0.3 is 0 Å². The fraction of sp³-hybridized carbons (Fsp3) is 0.750. The van der Waals surface area contributed by atoms with Gasteiger partial charge in [0.25, 0.3) is 0 Å². The normalized spacial score (nSPS) is 18.0. The summed E-state index contributed by atoms with van der Waals surface area (Å²) in [4.78, 5) is 4.29. The van der Waals surface area contributed by atoms with Gasteiger partial charge in [-0.25, -0.2) is 4.98 Å². The van der Waals surface area contributed by atoms with Gasteiger partial charge in [0, 0.05) is 18.5 Å². The highest BCUT2D eigenvalue weighted by Gasteiger charge is 2.22. The first-order chi connectivity index (χ1) is 7.31. The summed E-state index contributed by atoms with van der Waals surface area (Å²) < 4.78 is 5.48. The van der Waals surface area contributed by atoms with Gasteiger partial charge in [-0.15, -0.1) is 0 Å². The van der Waals surface area contributed by atoms with Crippen LogP contribution in [0.4, 0.5) is 0 Å². The zero-order chi connectivity index (χ0) is 10.7. The molecule has 1 aliphatic carbocycles. The zero-order valence-corrected chi connectivity index (χ0v) is 9.62. The van der Waals surface area contributed by atoms with Crippen molar-refractivity contribution in [3.05, 3.63) is 17.8 Å². The minimum Gasteiger partial charge on any atom is -0.448 e. The van der Waals surface area contributed by atoms with Crippen LogP contribution in [-0.4, -0.2) is 11.0 Å². The molecule has 1 saturated carbocycles. The Labute approximate surface area is 91.3 Å². The average Bonchev–Trinajstić information content (AvgIpc) is 2.93. The van der Waals surface area contributed by atoms with E-state index in [1.807, 2.05) is 0 Å². The van der Waals surface area contributed by atoms with Crippen molar-refractivity contribution in [2.24, 2.45) is 0 Å². The molecule has 1 aromatic rings. The molecule has 1 heterocycles. The summed E-state index contributed by atoms with van der Waals surface area (Å²) in [7, 11) is 0. The second-order valence-electron chi connectivity index (χ2n) is 4.51. The Kier molecular flexibility index (Phi) is 3.41. The van der Waals surface area contributed by atoms with Crippen molar-refractivity contribution in [2.75, 3.05) is 0 Å². The van der Waals surface area contributed by atoms with Crippen molar-refractivity contribution in [1.29, 1.82) is 0 Å². The smallest absolute Gasteiger partial charge is 0.181 e. The molecule has 1 N–H and O–H groups in total. The maximum Gasteiger partial charge on any atom is 0.181 e. The van der Waals surface area contributed by atoms with Gasteiger partial charge in [0.1, 0.15) is 5.76 Å². The summed E-state index contributed by atoms with van der Waals surface area (Å²) in [6.07, 6.45) is 6.57. The number of nitrogens with zero attached hydrogens (tertiary/aromatic N) is 1. The van der Waals surface area contributed by atoms with Gasteiger partial charge in [0.15, 0.2) is 6.39 Å². The maximum atomic E-state index is 5.48. The zero-order valence-electron chi connectivity index (χ0n) is 9.62. The monoisotopic (exact) mass is 208 g/mol. The summed E-state index contributed by atoms with van der Waals surface area (Å²) >= 11 is 0. The molecule has 0 aromatic carbocycles. The van der Waals surface area contributed by atoms with Gasteiger partial charge in [0.05, 0.1) is 5.69 Å². The number of hydrogen-bond donors (Lipinski definition) is 1. The van der Waals surface area contributed by atoms with Crippen LogP contribution >= 0.6 is 0 Å². The molecule has 84 valence electrons. The van der Waals surface area contributed by atoms with Gasteiger partial charge in [-0.05, 0) is 19.3 Å². The quantitative estimate of drug-likeness (QED) is 0.781. The Hall–Kier alpha value is -0.830. The first kappa shape index (κ1) is 10.7. The molecule has 0 bridgehead atoms. The largest absolute Gasteiger partial charge is 0.448 e. The summed E-state index contributed by atoms with van der Waals surface area (Å²) in [5, 5.41) is 3.47. The van der Waals surface area contributed by atoms with Crippen molar-refractivity contribution in [2.45, 2.75) is 58.0 Å². The Morgan fingerprint density at radius 1 is 1.60 bits per heavy atom. The Balaban J connectivity index is 1.93. The second kappa shape index (κ2) is 4.79. The molecule has 3 nitrogen and oxygen atoms in total. The highest BCUT2D eigenvalue weighted by Crippen LogP contribution is 2.25. The molecular formula is C12H20N2O. The maximum absolute atomic E-state index is 5.48. The molecule has 1 aliphatic rings. The third kappa shape index (κ3) is 2.81. The molecule has 2 rings (SSSR count). The molecule has 1 atom stereocenters. The van der Waals surface area contributed by atoms with Gasteiger partial charge in [-0.3, -0.25) is 0 Å². The van der Waals surface area contributed by atoms with Crippen LogP contribution in [-0.2, 0) is 6.54 Å². The summed E-state index contributed by atoms with van der Waals surface area (Å²) in [6, 6.07) is 0.732. The Bertz CT molecular complexity index is 304. The van der Waals surface area contributed by atoms with Crippen molar-refractivity contribution in [3.63, 3.8) is 0 Å². The van der Waals surface area contributed by atoms with Crippen molar-refractivity contribution >= 4 is 0 Å². The molecule has 15 heavy (non-hydrogen) atoms. The van der Waals surface area contributed by atoms with Crippen LogP contribution in [0.25, 0.3) is 0 Å². The first-order valence-electron chi connectivity index (χ1n) is 5.97. The Morgan fingerprint density at radius 2 is 2.40 bits per heavy atom. The average molecular weight is 208 g/mol. The molecule has 3 heteroatoms. The van der Waals surface area contributed by atoms with Gasteiger partial charge < -0.3 is 9.73 Å². The van der Waals surface area contributed by atoms with Crippen molar-refractivity contribution in [3.8, 4) is 0 Å². The summed E-state index contributed by atoms with van der Waals surface area (Å²) in [5.74, 6) is 1.57. The van der Waals surface area contributed by atoms with E-state index in [-0.39, 0.29) is 0 Å². The van der Waals surface area contributed by atoms with E-state index in [2.05, 4.69) is 24.1 Å². The lowest BCUT2D eigenvalue weighted by molar-refractivity contribution is 0.450. The van der Waals surface area contributed by atoms with E-state index in [4.69, 9.17) is 4.42 Å². The summed E-state index contributed by atoms with van der Waals surface area (Å²) in [5.41, 5.74) is 1.10. The molecule has 0 aliphatic heterocycles.